The van der Waals surface area contributed by atoms with Crippen molar-refractivity contribution in [2.24, 2.45) is 0 Å². The fourth-order valence-electron chi connectivity index (χ4n) is 1.53. The highest BCUT2D eigenvalue weighted by atomic mass is 19.4. The van der Waals surface area contributed by atoms with Crippen LogP contribution in [0.15, 0.2) is 6.07 Å². The Morgan fingerprint density at radius 1 is 1.50 bits per heavy atom. The quantitative estimate of drug-likeness (QED) is 0.740. The Hall–Kier alpha value is -2.06. The van der Waals surface area contributed by atoms with Crippen LogP contribution in [-0.2, 0) is 11.2 Å². The third-order valence-corrected chi connectivity index (χ3v) is 2.46. The fraction of sp³-hybridized carbons (Fsp3) is 0.545. The topological polar surface area (TPSA) is 95.1 Å². The van der Waals surface area contributed by atoms with Gasteiger partial charge in [-0.15, -0.1) is 0 Å². The fourth-order valence-corrected chi connectivity index (χ4v) is 1.53. The molecule has 9 heteroatoms. The van der Waals surface area contributed by atoms with E-state index in [-0.39, 0.29) is 5.69 Å². The van der Waals surface area contributed by atoms with Gasteiger partial charge in [-0.3, -0.25) is 14.7 Å². The van der Waals surface area contributed by atoms with Crippen LogP contribution in [0.25, 0.3) is 0 Å². The van der Waals surface area contributed by atoms with E-state index in [0.29, 0.717) is 12.1 Å². The lowest BCUT2D eigenvalue weighted by Crippen LogP contribution is -2.46. The number of carboxylic acid groups (broad SMARTS) is 1. The molecule has 1 aromatic heterocycles. The largest absolute Gasteiger partial charge is 0.481 e. The van der Waals surface area contributed by atoms with Crippen molar-refractivity contribution in [1.82, 2.24) is 15.5 Å². The van der Waals surface area contributed by atoms with Gasteiger partial charge in [0.1, 0.15) is 11.7 Å². The van der Waals surface area contributed by atoms with E-state index in [1.165, 1.54) is 6.07 Å². The van der Waals surface area contributed by atoms with Gasteiger partial charge in [0.2, 0.25) is 0 Å². The van der Waals surface area contributed by atoms with Gasteiger partial charge >= 0.3 is 12.1 Å². The van der Waals surface area contributed by atoms with Crippen molar-refractivity contribution in [3.8, 4) is 0 Å². The van der Waals surface area contributed by atoms with Gasteiger partial charge in [0, 0.05) is 5.69 Å². The monoisotopic (exact) mass is 293 g/mol. The van der Waals surface area contributed by atoms with Crippen LogP contribution >= 0.6 is 0 Å². The summed E-state index contributed by atoms with van der Waals surface area (Å²) in [5.41, 5.74) is 0.424. The number of amides is 1. The molecule has 3 N–H and O–H groups in total. The van der Waals surface area contributed by atoms with Crippen LogP contribution in [0.2, 0.25) is 0 Å². The molecule has 1 heterocycles. The maximum Gasteiger partial charge on any atom is 0.409 e. The highest BCUT2D eigenvalue weighted by molar-refractivity contribution is 5.92. The van der Waals surface area contributed by atoms with E-state index < -0.39 is 30.5 Å². The highest BCUT2D eigenvalue weighted by Crippen LogP contribution is 2.22. The maximum absolute atomic E-state index is 12.6. The van der Waals surface area contributed by atoms with Gasteiger partial charge in [0.15, 0.2) is 0 Å². The summed E-state index contributed by atoms with van der Waals surface area (Å²) in [7, 11) is 0. The molecule has 1 amide bonds. The average Bonchev–Trinajstić information content (AvgIpc) is 2.75. The molecule has 0 saturated heterocycles. The van der Waals surface area contributed by atoms with Crippen molar-refractivity contribution >= 4 is 11.9 Å². The lowest BCUT2D eigenvalue weighted by atomic mass is 10.2. The van der Waals surface area contributed by atoms with Crippen LogP contribution in [0, 0.1) is 0 Å². The van der Waals surface area contributed by atoms with Gasteiger partial charge in [-0.2, -0.15) is 18.3 Å². The number of nitrogens with zero attached hydrogens (tertiary/aromatic N) is 1. The number of nitrogens with one attached hydrogen (secondary N) is 2. The molecular formula is C11H14F3N3O3. The second-order valence-corrected chi connectivity index (χ2v) is 4.19. The van der Waals surface area contributed by atoms with E-state index in [1.807, 2.05) is 6.92 Å². The van der Waals surface area contributed by atoms with E-state index >= 15 is 0 Å². The molecule has 6 nitrogen and oxygen atoms in total. The summed E-state index contributed by atoms with van der Waals surface area (Å²) >= 11 is 0. The molecule has 1 aromatic rings. The third-order valence-electron chi connectivity index (χ3n) is 2.46. The first-order chi connectivity index (χ1) is 9.24. The minimum atomic E-state index is -4.84. The number of aryl methyl sites for hydroxylation is 1. The molecule has 0 aromatic carbocycles. The second kappa shape index (κ2) is 6.40. The van der Waals surface area contributed by atoms with Crippen LogP contribution < -0.4 is 5.32 Å². The number of hydrogen-bond acceptors (Lipinski definition) is 3. The normalized spacial score (nSPS) is 13.0. The number of carbonyl (C=O) groups excluding carboxylic acids is 1. The van der Waals surface area contributed by atoms with Gasteiger partial charge in [-0.25, -0.2) is 0 Å². The van der Waals surface area contributed by atoms with Crippen LogP contribution in [0.3, 0.4) is 0 Å². The molecule has 0 radical (unpaired) electrons. The van der Waals surface area contributed by atoms with Crippen molar-refractivity contribution in [3.05, 3.63) is 17.5 Å². The number of halogens is 3. The van der Waals surface area contributed by atoms with Gasteiger partial charge < -0.3 is 10.4 Å². The summed E-state index contributed by atoms with van der Waals surface area (Å²) < 4.78 is 37.7. The lowest BCUT2D eigenvalue weighted by molar-refractivity contribution is -0.165. The number of aromatic nitrogens is 2. The molecule has 1 rings (SSSR count). The molecule has 112 valence electrons. The Labute approximate surface area is 112 Å². The second-order valence-electron chi connectivity index (χ2n) is 4.19. The summed E-state index contributed by atoms with van der Waals surface area (Å²) in [5, 5.41) is 16.2. The number of aliphatic carboxylic acids is 1. The maximum atomic E-state index is 12.6. The minimum absolute atomic E-state index is 0.201. The Kier molecular flexibility index (Phi) is 5.12. The first-order valence-electron chi connectivity index (χ1n) is 5.87. The van der Waals surface area contributed by atoms with Gasteiger partial charge in [-0.05, 0) is 12.5 Å². The molecule has 0 saturated carbocycles. The van der Waals surface area contributed by atoms with E-state index in [0.717, 1.165) is 6.42 Å². The first-order valence-corrected chi connectivity index (χ1v) is 5.87. The lowest BCUT2D eigenvalue weighted by Gasteiger charge is -2.19. The number of rotatable bonds is 6. The molecule has 0 spiro atoms. The average molecular weight is 293 g/mol. The molecule has 0 aliphatic heterocycles. The summed E-state index contributed by atoms with van der Waals surface area (Å²) in [5.74, 6) is -2.71. The van der Waals surface area contributed by atoms with E-state index in [1.54, 1.807) is 5.32 Å². The zero-order valence-electron chi connectivity index (χ0n) is 10.6. The molecule has 20 heavy (non-hydrogen) atoms. The van der Waals surface area contributed by atoms with Gasteiger partial charge in [-0.1, -0.05) is 13.3 Å². The molecule has 0 bridgehead atoms. The number of carbonyl (C=O) groups is 2. The molecule has 1 atom stereocenters. The summed E-state index contributed by atoms with van der Waals surface area (Å²) in [4.78, 5) is 22.0. The Morgan fingerprint density at radius 3 is 2.65 bits per heavy atom. The van der Waals surface area contributed by atoms with Crippen molar-refractivity contribution in [3.63, 3.8) is 0 Å². The predicted octanol–water partition coefficient (Wildman–Crippen LogP) is 1.50. The van der Waals surface area contributed by atoms with Gasteiger partial charge in [0.05, 0.1) is 6.42 Å². The zero-order valence-corrected chi connectivity index (χ0v) is 10.6. The Bertz CT molecular complexity index is 485. The summed E-state index contributed by atoms with van der Waals surface area (Å²) in [6, 6.07) is -1.11. The van der Waals surface area contributed by atoms with E-state index in [9.17, 15) is 22.8 Å². The van der Waals surface area contributed by atoms with Crippen molar-refractivity contribution in [2.75, 3.05) is 0 Å². The van der Waals surface area contributed by atoms with Gasteiger partial charge in [0.25, 0.3) is 5.91 Å². The zero-order chi connectivity index (χ0) is 15.3. The molecule has 0 aliphatic carbocycles. The summed E-state index contributed by atoms with van der Waals surface area (Å²) in [6.45, 7) is 1.90. The molecular weight excluding hydrogens is 279 g/mol. The van der Waals surface area contributed by atoms with Crippen molar-refractivity contribution in [1.29, 1.82) is 0 Å². The Morgan fingerprint density at radius 2 is 2.15 bits per heavy atom. The SMILES string of the molecule is CCCc1cc(C(=O)N[C@H](CC(=O)O)C(F)(F)F)n[nH]1. The standard InChI is InChI=1S/C11H14F3N3O3/c1-2-3-6-4-7(17-16-6)10(20)15-8(5-9(18)19)11(12,13)14/h4,8H,2-3,5H2,1H3,(H,15,20)(H,16,17)(H,18,19)/t8-/m1/s1. The smallest absolute Gasteiger partial charge is 0.409 e. The number of hydrogen-bond donors (Lipinski definition) is 3. The highest BCUT2D eigenvalue weighted by Gasteiger charge is 2.42. The molecule has 0 aliphatic rings. The number of aromatic amines is 1. The van der Waals surface area contributed by atoms with Crippen LogP contribution in [-0.4, -0.2) is 39.4 Å². The van der Waals surface area contributed by atoms with Crippen LogP contribution in [0.1, 0.15) is 35.9 Å². The van der Waals surface area contributed by atoms with E-state index in [4.69, 9.17) is 5.11 Å². The first kappa shape index (κ1) is 16.0. The number of H-pyrrole nitrogens is 1. The van der Waals surface area contributed by atoms with Crippen molar-refractivity contribution in [2.45, 2.75) is 38.4 Å². The predicted molar refractivity (Wildman–Crippen MR) is 62.1 cm³/mol. The molecule has 0 fully saturated rings. The summed E-state index contributed by atoms with van der Waals surface area (Å²) in [6.07, 6.45) is -4.68. The Balaban J connectivity index is 2.76. The minimum Gasteiger partial charge on any atom is -0.481 e. The third kappa shape index (κ3) is 4.56. The van der Waals surface area contributed by atoms with Crippen molar-refractivity contribution < 1.29 is 27.9 Å². The van der Waals surface area contributed by atoms with Crippen LogP contribution in [0.5, 0.6) is 0 Å². The molecule has 0 unspecified atom stereocenters. The number of alkyl halides is 3. The van der Waals surface area contributed by atoms with Crippen LogP contribution in [0.4, 0.5) is 13.2 Å². The van der Waals surface area contributed by atoms with E-state index in [2.05, 4.69) is 10.2 Å². The number of carboxylic acids is 1.